The van der Waals surface area contributed by atoms with Crippen molar-refractivity contribution in [3.63, 3.8) is 0 Å². The second-order valence-electron chi connectivity index (χ2n) is 6.08. The smallest absolute Gasteiger partial charge is 0.237 e. The van der Waals surface area contributed by atoms with Gasteiger partial charge in [0, 0.05) is 13.1 Å². The molecule has 1 amide bonds. The summed E-state index contributed by atoms with van der Waals surface area (Å²) < 4.78 is 0. The van der Waals surface area contributed by atoms with Crippen molar-refractivity contribution in [1.82, 2.24) is 10.2 Å². The Labute approximate surface area is 111 Å². The predicted molar refractivity (Wildman–Crippen MR) is 75.3 cm³/mol. The van der Waals surface area contributed by atoms with Crippen molar-refractivity contribution in [3.05, 3.63) is 0 Å². The Hall–Kier alpha value is -0.610. The maximum absolute atomic E-state index is 11.7. The first-order chi connectivity index (χ1) is 8.50. The average molecular weight is 255 g/mol. The van der Waals surface area contributed by atoms with Crippen molar-refractivity contribution in [3.8, 4) is 0 Å². The summed E-state index contributed by atoms with van der Waals surface area (Å²) in [6.45, 7) is 10.1. The molecule has 1 unspecified atom stereocenters. The van der Waals surface area contributed by atoms with E-state index in [-0.39, 0.29) is 17.4 Å². The van der Waals surface area contributed by atoms with Crippen molar-refractivity contribution >= 4 is 5.91 Å². The van der Waals surface area contributed by atoms with Gasteiger partial charge in [-0.1, -0.05) is 27.2 Å². The van der Waals surface area contributed by atoms with Crippen LogP contribution in [0.2, 0.25) is 0 Å². The number of rotatable bonds is 7. The number of nitrogens with one attached hydrogen (secondary N) is 1. The van der Waals surface area contributed by atoms with Gasteiger partial charge >= 0.3 is 0 Å². The molecule has 106 valence electrons. The lowest BCUT2D eigenvalue weighted by Crippen LogP contribution is -2.55. The molecule has 0 aromatic carbocycles. The zero-order valence-electron chi connectivity index (χ0n) is 12.2. The molecule has 1 atom stereocenters. The molecule has 0 radical (unpaired) electrons. The number of carbonyl (C=O) groups excluding carboxylic acids is 1. The topological polar surface area (TPSA) is 58.4 Å². The van der Waals surface area contributed by atoms with Crippen LogP contribution in [0.3, 0.4) is 0 Å². The number of hydrogen-bond acceptors (Lipinski definition) is 3. The number of piperazine rings is 1. The molecular weight excluding hydrogens is 226 g/mol. The zero-order chi connectivity index (χ0) is 13.6. The lowest BCUT2D eigenvalue weighted by atomic mass is 9.87. The first-order valence-electron chi connectivity index (χ1n) is 7.22. The molecule has 1 saturated heterocycles. The summed E-state index contributed by atoms with van der Waals surface area (Å²) in [4.78, 5) is 14.0. The lowest BCUT2D eigenvalue weighted by molar-refractivity contribution is -0.129. The van der Waals surface area contributed by atoms with E-state index < -0.39 is 0 Å². The first kappa shape index (κ1) is 15.4. The van der Waals surface area contributed by atoms with E-state index in [1.165, 1.54) is 12.8 Å². The van der Waals surface area contributed by atoms with Gasteiger partial charge in [0.25, 0.3) is 0 Å². The summed E-state index contributed by atoms with van der Waals surface area (Å²) in [6.07, 6.45) is 4.42. The molecule has 0 aliphatic carbocycles. The molecule has 4 heteroatoms. The van der Waals surface area contributed by atoms with E-state index in [0.717, 1.165) is 39.0 Å². The van der Waals surface area contributed by atoms with Gasteiger partial charge in [0.15, 0.2) is 0 Å². The van der Waals surface area contributed by atoms with Gasteiger partial charge < -0.3 is 11.1 Å². The van der Waals surface area contributed by atoms with Crippen LogP contribution in [-0.2, 0) is 4.79 Å². The van der Waals surface area contributed by atoms with E-state index in [1.54, 1.807) is 0 Å². The monoisotopic (exact) mass is 255 g/mol. The van der Waals surface area contributed by atoms with Crippen molar-refractivity contribution in [1.29, 1.82) is 0 Å². The Kier molecular flexibility index (Phi) is 6.09. The molecule has 1 aliphatic heterocycles. The van der Waals surface area contributed by atoms with E-state index in [1.807, 2.05) is 0 Å². The van der Waals surface area contributed by atoms with E-state index in [4.69, 9.17) is 5.73 Å². The molecule has 4 nitrogen and oxygen atoms in total. The number of nitrogens with two attached hydrogens (primary N) is 1. The minimum Gasteiger partial charge on any atom is -0.353 e. The molecule has 0 bridgehead atoms. The molecule has 0 spiro atoms. The molecule has 0 saturated carbocycles. The third-order valence-electron chi connectivity index (χ3n) is 3.93. The van der Waals surface area contributed by atoms with Crippen LogP contribution < -0.4 is 11.1 Å². The molecule has 3 N–H and O–H groups in total. The van der Waals surface area contributed by atoms with E-state index in [0.29, 0.717) is 0 Å². The fraction of sp³-hybridized carbons (Fsp3) is 0.929. The van der Waals surface area contributed by atoms with Crippen molar-refractivity contribution in [2.75, 3.05) is 26.2 Å². The Morgan fingerprint density at radius 2 is 2.17 bits per heavy atom. The summed E-state index contributed by atoms with van der Waals surface area (Å²) >= 11 is 0. The Morgan fingerprint density at radius 3 is 2.78 bits per heavy atom. The van der Waals surface area contributed by atoms with Crippen molar-refractivity contribution in [2.45, 2.75) is 52.5 Å². The maximum atomic E-state index is 11.7. The Morgan fingerprint density at radius 1 is 1.44 bits per heavy atom. The summed E-state index contributed by atoms with van der Waals surface area (Å²) in [5.74, 6) is 0.200. The lowest BCUT2D eigenvalue weighted by Gasteiger charge is -2.34. The zero-order valence-corrected chi connectivity index (χ0v) is 12.2. The van der Waals surface area contributed by atoms with Crippen LogP contribution in [0.25, 0.3) is 0 Å². The average Bonchev–Trinajstić information content (AvgIpc) is 2.35. The molecule has 1 heterocycles. The number of unbranched alkanes of at least 4 members (excludes halogenated alkanes) is 1. The fourth-order valence-electron chi connectivity index (χ4n) is 2.49. The van der Waals surface area contributed by atoms with Crippen molar-refractivity contribution < 1.29 is 4.79 Å². The minimum atomic E-state index is 0.0845. The number of hydrogen-bond donors (Lipinski definition) is 2. The Bertz CT molecular complexity index is 266. The molecule has 18 heavy (non-hydrogen) atoms. The highest BCUT2D eigenvalue weighted by atomic mass is 16.2. The standard InChI is InChI=1S/C14H29N3O/c1-4-12-13(18)16-8-10-17(12)9-6-5-7-14(2,3)11-15/h12H,4-11,15H2,1-3H3,(H,16,18). The first-order valence-corrected chi connectivity index (χ1v) is 7.22. The van der Waals surface area contributed by atoms with Crippen LogP contribution in [0.5, 0.6) is 0 Å². The van der Waals surface area contributed by atoms with Gasteiger partial charge in [-0.25, -0.2) is 0 Å². The predicted octanol–water partition coefficient (Wildman–Crippen LogP) is 1.35. The summed E-state index contributed by atoms with van der Waals surface area (Å²) in [7, 11) is 0. The molecule has 1 fully saturated rings. The van der Waals surface area contributed by atoms with Gasteiger partial charge in [0.2, 0.25) is 5.91 Å². The summed E-state index contributed by atoms with van der Waals surface area (Å²) in [5, 5.41) is 2.94. The van der Waals surface area contributed by atoms with Gasteiger partial charge in [-0.05, 0) is 37.8 Å². The van der Waals surface area contributed by atoms with Gasteiger partial charge in [0.05, 0.1) is 6.04 Å². The molecule has 0 aromatic heterocycles. The third-order valence-corrected chi connectivity index (χ3v) is 3.93. The summed E-state index contributed by atoms with van der Waals surface area (Å²) in [6, 6.07) is 0.0845. The van der Waals surface area contributed by atoms with Crippen molar-refractivity contribution in [2.24, 2.45) is 11.1 Å². The number of nitrogens with zero attached hydrogens (tertiary/aromatic N) is 1. The van der Waals surface area contributed by atoms with Gasteiger partial charge in [0.1, 0.15) is 0 Å². The van der Waals surface area contributed by atoms with Gasteiger partial charge in [-0.2, -0.15) is 0 Å². The third kappa shape index (κ3) is 4.58. The highest BCUT2D eigenvalue weighted by Gasteiger charge is 2.27. The molecule has 0 aromatic rings. The van der Waals surface area contributed by atoms with Crippen LogP contribution in [0.4, 0.5) is 0 Å². The SMILES string of the molecule is CCC1C(=O)NCCN1CCCCC(C)(C)CN. The molecular formula is C14H29N3O. The van der Waals surface area contributed by atoms with Crippen LogP contribution in [-0.4, -0.2) is 43.0 Å². The van der Waals surface area contributed by atoms with Gasteiger partial charge in [-0.3, -0.25) is 9.69 Å². The Balaban J connectivity index is 2.27. The molecule has 1 aliphatic rings. The van der Waals surface area contributed by atoms with Crippen LogP contribution in [0, 0.1) is 5.41 Å². The fourth-order valence-corrected chi connectivity index (χ4v) is 2.49. The second kappa shape index (κ2) is 7.10. The second-order valence-corrected chi connectivity index (χ2v) is 6.08. The van der Waals surface area contributed by atoms with E-state index >= 15 is 0 Å². The number of amides is 1. The largest absolute Gasteiger partial charge is 0.353 e. The highest BCUT2D eigenvalue weighted by molar-refractivity contribution is 5.82. The normalized spacial score (nSPS) is 22.0. The number of carbonyl (C=O) groups is 1. The quantitative estimate of drug-likeness (QED) is 0.675. The maximum Gasteiger partial charge on any atom is 0.237 e. The van der Waals surface area contributed by atoms with Crippen LogP contribution >= 0.6 is 0 Å². The van der Waals surface area contributed by atoms with Gasteiger partial charge in [-0.15, -0.1) is 0 Å². The van der Waals surface area contributed by atoms with E-state index in [9.17, 15) is 4.79 Å². The minimum absolute atomic E-state index is 0.0845. The van der Waals surface area contributed by atoms with Crippen LogP contribution in [0.15, 0.2) is 0 Å². The molecule has 1 rings (SSSR count). The van der Waals surface area contributed by atoms with E-state index in [2.05, 4.69) is 31.0 Å². The van der Waals surface area contributed by atoms with Crippen LogP contribution in [0.1, 0.15) is 46.5 Å². The highest BCUT2D eigenvalue weighted by Crippen LogP contribution is 2.21. The summed E-state index contributed by atoms with van der Waals surface area (Å²) in [5.41, 5.74) is 5.98.